The molecule has 0 fully saturated rings. The number of ketones is 1. The van der Waals surface area contributed by atoms with E-state index in [4.69, 9.17) is 4.74 Å². The van der Waals surface area contributed by atoms with Crippen molar-refractivity contribution in [3.8, 4) is 5.75 Å². The van der Waals surface area contributed by atoms with Crippen LogP contribution in [0.3, 0.4) is 0 Å². The van der Waals surface area contributed by atoms with Crippen molar-refractivity contribution in [2.75, 3.05) is 29.5 Å². The molecule has 0 radical (unpaired) electrons. The van der Waals surface area contributed by atoms with Gasteiger partial charge in [0.1, 0.15) is 5.75 Å². The second kappa shape index (κ2) is 7.72. The molecule has 2 aromatic carbocycles. The van der Waals surface area contributed by atoms with E-state index in [9.17, 15) is 13.2 Å². The molecule has 7 heteroatoms. The zero-order valence-corrected chi connectivity index (χ0v) is 16.4. The zero-order chi connectivity index (χ0) is 18.7. The van der Waals surface area contributed by atoms with Crippen LogP contribution >= 0.6 is 11.8 Å². The highest BCUT2D eigenvalue weighted by molar-refractivity contribution is 8.00. The molecule has 0 spiro atoms. The lowest BCUT2D eigenvalue weighted by atomic mass is 10.1. The topological polar surface area (TPSA) is 63.7 Å². The van der Waals surface area contributed by atoms with E-state index in [2.05, 4.69) is 0 Å². The van der Waals surface area contributed by atoms with E-state index in [1.807, 2.05) is 30.3 Å². The number of ether oxygens (including phenoxy) is 1. The largest absolute Gasteiger partial charge is 0.497 e. The minimum absolute atomic E-state index is 0.0254. The summed E-state index contributed by atoms with van der Waals surface area (Å²) < 4.78 is 30.9. The number of sulfonamides is 1. The van der Waals surface area contributed by atoms with Gasteiger partial charge in [0.25, 0.3) is 0 Å². The minimum atomic E-state index is -3.26. The van der Waals surface area contributed by atoms with Crippen LogP contribution in [0.1, 0.15) is 22.8 Å². The van der Waals surface area contributed by atoms with Gasteiger partial charge >= 0.3 is 0 Å². The molecule has 3 rings (SSSR count). The molecule has 0 N–H and O–H groups in total. The van der Waals surface area contributed by atoms with Crippen LogP contribution in [0.4, 0.5) is 5.69 Å². The standard InChI is InChI=1S/C19H21NO4S2/c1-3-26(22,23)20-10-9-14-11-15(7-8-18(14)20)19(21)13-25-17-6-4-5-16(12-17)24-2/h4-8,11-12H,3,9-10,13H2,1-2H3. The number of methoxy groups -OCH3 is 1. The van der Waals surface area contributed by atoms with Gasteiger partial charge in [-0.1, -0.05) is 6.07 Å². The summed E-state index contributed by atoms with van der Waals surface area (Å²) >= 11 is 1.46. The molecule has 0 aromatic heterocycles. The highest BCUT2D eigenvalue weighted by Gasteiger charge is 2.28. The Labute approximate surface area is 158 Å². The van der Waals surface area contributed by atoms with E-state index >= 15 is 0 Å². The lowest BCUT2D eigenvalue weighted by Gasteiger charge is -2.18. The fourth-order valence-corrected chi connectivity index (χ4v) is 4.91. The number of Topliss-reactive ketones (excluding diaryl/α,β-unsaturated/α-hetero) is 1. The van der Waals surface area contributed by atoms with Gasteiger partial charge in [0.05, 0.1) is 24.3 Å². The molecule has 1 aliphatic rings. The third-order valence-electron chi connectivity index (χ3n) is 4.37. The summed E-state index contributed by atoms with van der Waals surface area (Å²) in [7, 11) is -1.65. The minimum Gasteiger partial charge on any atom is -0.497 e. The Bertz CT molecular complexity index is 925. The van der Waals surface area contributed by atoms with Crippen LogP contribution < -0.4 is 9.04 Å². The third kappa shape index (κ3) is 3.88. The fraction of sp³-hybridized carbons (Fsp3) is 0.316. The van der Waals surface area contributed by atoms with Crippen molar-refractivity contribution in [1.29, 1.82) is 0 Å². The highest BCUT2D eigenvalue weighted by Crippen LogP contribution is 2.32. The Morgan fingerprint density at radius 3 is 2.77 bits per heavy atom. The van der Waals surface area contributed by atoms with Gasteiger partial charge < -0.3 is 4.74 Å². The van der Waals surface area contributed by atoms with Gasteiger partial charge in [-0.3, -0.25) is 9.10 Å². The third-order valence-corrected chi connectivity index (χ3v) is 7.14. The van der Waals surface area contributed by atoms with Gasteiger partial charge in [-0.2, -0.15) is 0 Å². The molecule has 0 amide bonds. The number of hydrogen-bond donors (Lipinski definition) is 0. The summed E-state index contributed by atoms with van der Waals surface area (Å²) in [5.74, 6) is 1.18. The van der Waals surface area contributed by atoms with Crippen molar-refractivity contribution in [1.82, 2.24) is 0 Å². The molecule has 5 nitrogen and oxygen atoms in total. The Balaban J connectivity index is 1.72. The lowest BCUT2D eigenvalue weighted by Crippen LogP contribution is -2.30. The Kier molecular flexibility index (Phi) is 5.58. The molecule has 0 unspecified atom stereocenters. The van der Waals surface area contributed by atoms with Crippen LogP contribution in [0.5, 0.6) is 5.75 Å². The summed E-state index contributed by atoms with van der Waals surface area (Å²) in [4.78, 5) is 13.5. The molecule has 26 heavy (non-hydrogen) atoms. The van der Waals surface area contributed by atoms with Crippen molar-refractivity contribution in [2.24, 2.45) is 0 Å². The van der Waals surface area contributed by atoms with E-state index in [1.54, 1.807) is 26.2 Å². The van der Waals surface area contributed by atoms with Gasteiger partial charge in [0.2, 0.25) is 10.0 Å². The smallest absolute Gasteiger partial charge is 0.234 e. The van der Waals surface area contributed by atoms with Crippen LogP contribution in [0.25, 0.3) is 0 Å². The van der Waals surface area contributed by atoms with E-state index in [1.165, 1.54) is 16.1 Å². The van der Waals surface area contributed by atoms with Crippen molar-refractivity contribution in [3.05, 3.63) is 53.6 Å². The lowest BCUT2D eigenvalue weighted by molar-refractivity contribution is 0.102. The summed E-state index contributed by atoms with van der Waals surface area (Å²) in [5, 5.41) is 0. The Morgan fingerprint density at radius 2 is 2.04 bits per heavy atom. The number of fused-ring (bicyclic) bond motifs is 1. The second-order valence-corrected chi connectivity index (χ2v) is 9.19. The summed E-state index contributed by atoms with van der Waals surface area (Å²) in [6.07, 6.45) is 0.638. The number of thioether (sulfide) groups is 1. The number of carbonyl (C=O) groups is 1. The molecule has 138 valence electrons. The van der Waals surface area contributed by atoms with E-state index < -0.39 is 10.0 Å². The molecular weight excluding hydrogens is 370 g/mol. The summed E-state index contributed by atoms with van der Waals surface area (Å²) in [6.45, 7) is 2.09. The molecule has 0 atom stereocenters. The normalized spacial score (nSPS) is 13.5. The van der Waals surface area contributed by atoms with Crippen LogP contribution in [-0.4, -0.2) is 39.4 Å². The van der Waals surface area contributed by atoms with Gasteiger partial charge in [-0.05, 0) is 55.3 Å². The Hall–Kier alpha value is -1.99. The first kappa shape index (κ1) is 18.8. The molecule has 1 aliphatic heterocycles. The summed E-state index contributed by atoms with van der Waals surface area (Å²) in [6, 6.07) is 12.9. The monoisotopic (exact) mass is 391 g/mol. The van der Waals surface area contributed by atoms with E-state index in [0.29, 0.717) is 30.0 Å². The average molecular weight is 392 g/mol. The van der Waals surface area contributed by atoms with Crippen molar-refractivity contribution >= 4 is 33.3 Å². The van der Waals surface area contributed by atoms with Gasteiger partial charge in [-0.25, -0.2) is 8.42 Å². The summed E-state index contributed by atoms with van der Waals surface area (Å²) in [5.41, 5.74) is 2.23. The molecule has 2 aromatic rings. The number of nitrogens with zero attached hydrogens (tertiary/aromatic N) is 1. The van der Waals surface area contributed by atoms with Crippen molar-refractivity contribution in [2.45, 2.75) is 18.2 Å². The van der Waals surface area contributed by atoms with Crippen LogP contribution in [-0.2, 0) is 16.4 Å². The SMILES string of the molecule is CCS(=O)(=O)N1CCc2cc(C(=O)CSc3cccc(OC)c3)ccc21. The first-order valence-electron chi connectivity index (χ1n) is 8.38. The number of carbonyl (C=O) groups excluding carboxylic acids is 1. The first-order valence-corrected chi connectivity index (χ1v) is 11.0. The number of anilines is 1. The maximum atomic E-state index is 12.5. The van der Waals surface area contributed by atoms with E-state index in [0.717, 1.165) is 16.2 Å². The molecule has 0 saturated carbocycles. The van der Waals surface area contributed by atoms with Crippen molar-refractivity contribution in [3.63, 3.8) is 0 Å². The number of benzene rings is 2. The maximum Gasteiger partial charge on any atom is 0.234 e. The van der Waals surface area contributed by atoms with Gasteiger partial charge in [-0.15, -0.1) is 11.8 Å². The number of rotatable bonds is 7. The van der Waals surface area contributed by atoms with Crippen LogP contribution in [0.15, 0.2) is 47.4 Å². The molecule has 0 saturated heterocycles. The average Bonchev–Trinajstić information content (AvgIpc) is 3.10. The molecule has 0 bridgehead atoms. The number of hydrogen-bond acceptors (Lipinski definition) is 5. The second-order valence-electron chi connectivity index (χ2n) is 5.96. The quantitative estimate of drug-likeness (QED) is 0.535. The zero-order valence-electron chi connectivity index (χ0n) is 14.8. The highest BCUT2D eigenvalue weighted by atomic mass is 32.2. The predicted molar refractivity (Wildman–Crippen MR) is 105 cm³/mol. The predicted octanol–water partition coefficient (Wildman–Crippen LogP) is 3.38. The van der Waals surface area contributed by atoms with Gasteiger partial charge in [0.15, 0.2) is 5.78 Å². The van der Waals surface area contributed by atoms with Crippen molar-refractivity contribution < 1.29 is 17.9 Å². The Morgan fingerprint density at radius 1 is 1.23 bits per heavy atom. The molecule has 0 aliphatic carbocycles. The van der Waals surface area contributed by atoms with Crippen LogP contribution in [0, 0.1) is 0 Å². The van der Waals surface area contributed by atoms with Crippen LogP contribution in [0.2, 0.25) is 0 Å². The maximum absolute atomic E-state index is 12.5. The van der Waals surface area contributed by atoms with E-state index in [-0.39, 0.29) is 11.5 Å². The first-order chi connectivity index (χ1) is 12.4. The molecule has 1 heterocycles. The molecular formula is C19H21NO4S2. The fourth-order valence-electron chi connectivity index (χ4n) is 2.91. The van der Waals surface area contributed by atoms with Gasteiger partial charge in [0, 0.05) is 17.0 Å².